The monoisotopic (exact) mass is 366 g/mol. The van der Waals surface area contributed by atoms with Crippen molar-refractivity contribution in [2.24, 2.45) is 0 Å². The largest absolute Gasteiger partial charge is 1.00 e. The van der Waals surface area contributed by atoms with E-state index in [0.717, 1.165) is 6.61 Å². The van der Waals surface area contributed by atoms with Crippen molar-refractivity contribution in [3.05, 3.63) is 0 Å². The first-order chi connectivity index (χ1) is 11.1. The Hall–Kier alpha value is 1.18. The molecule has 0 aliphatic rings. The van der Waals surface area contributed by atoms with Crippen LogP contribution in [0, 0.1) is 0 Å². The Morgan fingerprint density at radius 2 is 0.833 bits per heavy atom. The quantitative estimate of drug-likeness (QED) is 0.239. The third-order valence-electron chi connectivity index (χ3n) is 4.53. The molecule has 0 spiro atoms. The Kier molecular flexibility index (Phi) is 23.4. The second kappa shape index (κ2) is 20.5. The van der Waals surface area contributed by atoms with Crippen molar-refractivity contribution in [1.29, 1.82) is 0 Å². The molecule has 0 N–H and O–H groups in total. The van der Waals surface area contributed by atoms with E-state index in [4.69, 9.17) is 4.43 Å². The molecule has 24 heavy (non-hydrogen) atoms. The van der Waals surface area contributed by atoms with Crippen molar-refractivity contribution in [3.63, 3.8) is 0 Å². The molecule has 0 fully saturated rings. The van der Waals surface area contributed by atoms with E-state index in [2.05, 4.69) is 26.6 Å². The first kappa shape index (κ1) is 27.4. The first-order valence-corrected chi connectivity index (χ1v) is 14.1. The maximum absolute atomic E-state index is 5.89. The standard InChI is InChI=1S/C21H46OSi.Na.H/c1-5-6-7-8-9-10-11-12-13-14-15-16-17-18-19-20-21-22-23(2,3)4;;/h5-21H2,1-4H3;;/q;+1;-1. The van der Waals surface area contributed by atoms with Crippen LogP contribution < -0.4 is 29.6 Å². The Bertz CT molecular complexity index is 234. The van der Waals surface area contributed by atoms with Crippen LogP contribution in [0.25, 0.3) is 0 Å². The minimum Gasteiger partial charge on any atom is -1.00 e. The third-order valence-corrected chi connectivity index (χ3v) is 5.60. The molecule has 1 nitrogen and oxygen atoms in total. The number of hydrogen-bond donors (Lipinski definition) is 0. The molecule has 0 saturated carbocycles. The zero-order valence-corrected chi connectivity index (χ0v) is 20.9. The molecule has 142 valence electrons. The van der Waals surface area contributed by atoms with Crippen LogP contribution in [0.5, 0.6) is 0 Å². The van der Waals surface area contributed by atoms with Crippen molar-refractivity contribution < 1.29 is 35.4 Å². The van der Waals surface area contributed by atoms with Gasteiger partial charge < -0.3 is 5.85 Å². The second-order valence-corrected chi connectivity index (χ2v) is 12.8. The Morgan fingerprint density at radius 3 is 1.12 bits per heavy atom. The van der Waals surface area contributed by atoms with Gasteiger partial charge in [0, 0.05) is 6.61 Å². The molecule has 0 aliphatic carbocycles. The van der Waals surface area contributed by atoms with Gasteiger partial charge in [-0.2, -0.15) is 0 Å². The minimum atomic E-state index is -1.27. The zero-order valence-electron chi connectivity index (χ0n) is 18.9. The van der Waals surface area contributed by atoms with Crippen molar-refractivity contribution in [2.75, 3.05) is 6.61 Å². The summed E-state index contributed by atoms with van der Waals surface area (Å²) in [4.78, 5) is 0. The fourth-order valence-corrected chi connectivity index (χ4v) is 3.79. The summed E-state index contributed by atoms with van der Waals surface area (Å²) in [7, 11) is -1.27. The van der Waals surface area contributed by atoms with E-state index in [0.29, 0.717) is 0 Å². The van der Waals surface area contributed by atoms with E-state index >= 15 is 0 Å². The van der Waals surface area contributed by atoms with Gasteiger partial charge >= 0.3 is 29.6 Å². The van der Waals surface area contributed by atoms with Gasteiger partial charge in [-0.15, -0.1) is 0 Å². The summed E-state index contributed by atoms with van der Waals surface area (Å²) in [6.07, 6.45) is 23.0. The molecule has 0 atom stereocenters. The number of unbranched alkanes of at least 4 members (excludes halogenated alkanes) is 15. The van der Waals surface area contributed by atoms with Crippen LogP contribution in [-0.4, -0.2) is 14.9 Å². The van der Waals surface area contributed by atoms with Gasteiger partial charge in [-0.25, -0.2) is 0 Å². The SMILES string of the molecule is CCCCCCCCCCCCCCCCCCO[Si](C)(C)C.[H-].[Na+]. The Balaban J connectivity index is -0.00000242. The van der Waals surface area contributed by atoms with Crippen molar-refractivity contribution in [2.45, 2.75) is 129 Å². The van der Waals surface area contributed by atoms with Crippen LogP contribution >= 0.6 is 0 Å². The van der Waals surface area contributed by atoms with Gasteiger partial charge in [0.2, 0.25) is 0 Å². The molecule has 0 radical (unpaired) electrons. The summed E-state index contributed by atoms with van der Waals surface area (Å²) >= 11 is 0. The molecule has 0 aromatic carbocycles. The fraction of sp³-hybridized carbons (Fsp3) is 1.00. The van der Waals surface area contributed by atoms with Gasteiger partial charge in [0.1, 0.15) is 0 Å². The van der Waals surface area contributed by atoms with E-state index in [1.807, 2.05) is 0 Å². The van der Waals surface area contributed by atoms with E-state index in [1.165, 1.54) is 103 Å². The molecular formula is C21H47NaOSi. The van der Waals surface area contributed by atoms with E-state index in [9.17, 15) is 0 Å². The number of hydrogen-bond acceptors (Lipinski definition) is 1. The summed E-state index contributed by atoms with van der Waals surface area (Å²) < 4.78 is 5.89. The predicted molar refractivity (Wildman–Crippen MR) is 110 cm³/mol. The van der Waals surface area contributed by atoms with E-state index < -0.39 is 8.32 Å². The van der Waals surface area contributed by atoms with Crippen LogP contribution in [0.15, 0.2) is 0 Å². The van der Waals surface area contributed by atoms with Crippen LogP contribution in [0.4, 0.5) is 0 Å². The van der Waals surface area contributed by atoms with Crippen molar-refractivity contribution in [3.8, 4) is 0 Å². The summed E-state index contributed by atoms with van der Waals surface area (Å²) in [6, 6.07) is 0. The molecule has 0 aromatic heterocycles. The van der Waals surface area contributed by atoms with Crippen molar-refractivity contribution in [1.82, 2.24) is 0 Å². The number of rotatable bonds is 18. The molecular weight excluding hydrogens is 319 g/mol. The predicted octanol–water partition coefficient (Wildman–Crippen LogP) is 5.22. The maximum atomic E-state index is 5.89. The normalized spacial score (nSPS) is 11.5. The van der Waals surface area contributed by atoms with Gasteiger partial charge in [-0.3, -0.25) is 0 Å². The minimum absolute atomic E-state index is 0. The fourth-order valence-electron chi connectivity index (χ4n) is 3.03. The zero-order chi connectivity index (χ0) is 17.2. The van der Waals surface area contributed by atoms with E-state index in [1.54, 1.807) is 0 Å². The molecule has 0 rings (SSSR count). The van der Waals surface area contributed by atoms with Crippen LogP contribution in [0.1, 0.15) is 111 Å². The first-order valence-electron chi connectivity index (χ1n) is 10.7. The van der Waals surface area contributed by atoms with Crippen LogP contribution in [-0.2, 0) is 4.43 Å². The molecule has 0 saturated heterocycles. The van der Waals surface area contributed by atoms with Crippen molar-refractivity contribution >= 4 is 8.32 Å². The van der Waals surface area contributed by atoms with Gasteiger partial charge in [0.15, 0.2) is 8.32 Å². The van der Waals surface area contributed by atoms with Gasteiger partial charge in [0.25, 0.3) is 0 Å². The summed E-state index contributed by atoms with van der Waals surface area (Å²) in [5, 5.41) is 0. The topological polar surface area (TPSA) is 9.23 Å². The Morgan fingerprint density at radius 1 is 0.542 bits per heavy atom. The van der Waals surface area contributed by atoms with Gasteiger partial charge in [-0.1, -0.05) is 103 Å². The summed E-state index contributed by atoms with van der Waals surface area (Å²) in [5.41, 5.74) is 0. The third kappa shape index (κ3) is 25.4. The summed E-state index contributed by atoms with van der Waals surface area (Å²) in [5.74, 6) is 0. The van der Waals surface area contributed by atoms with E-state index in [-0.39, 0.29) is 31.0 Å². The average Bonchev–Trinajstić information content (AvgIpc) is 2.49. The second-order valence-electron chi connectivity index (χ2n) is 8.26. The van der Waals surface area contributed by atoms with Crippen LogP contribution in [0.2, 0.25) is 19.6 Å². The molecule has 0 aromatic rings. The maximum Gasteiger partial charge on any atom is 1.00 e. The summed E-state index contributed by atoms with van der Waals surface area (Å²) in [6.45, 7) is 10.1. The molecule has 0 heterocycles. The smallest absolute Gasteiger partial charge is 1.00 e. The van der Waals surface area contributed by atoms with Gasteiger partial charge in [-0.05, 0) is 26.1 Å². The molecule has 0 aliphatic heterocycles. The molecule has 0 unspecified atom stereocenters. The Labute approximate surface area is 179 Å². The van der Waals surface area contributed by atoms with Crippen LogP contribution in [0.3, 0.4) is 0 Å². The average molecular weight is 367 g/mol. The molecule has 0 bridgehead atoms. The molecule has 3 heteroatoms. The van der Waals surface area contributed by atoms with Gasteiger partial charge in [0.05, 0.1) is 0 Å². The molecule has 0 amide bonds.